The van der Waals surface area contributed by atoms with Crippen molar-refractivity contribution in [1.29, 1.82) is 0 Å². The summed E-state index contributed by atoms with van der Waals surface area (Å²) in [6.45, 7) is 6.08. The predicted octanol–water partition coefficient (Wildman–Crippen LogP) is 4.27. The van der Waals surface area contributed by atoms with Crippen molar-refractivity contribution < 1.29 is 14.0 Å². The topological polar surface area (TPSA) is 58.9 Å². The van der Waals surface area contributed by atoms with Crippen molar-refractivity contribution in [2.45, 2.75) is 46.5 Å². The molecule has 0 fully saturated rings. The van der Waals surface area contributed by atoms with Crippen molar-refractivity contribution in [2.75, 3.05) is 0 Å². The van der Waals surface area contributed by atoms with Gasteiger partial charge in [-0.05, 0) is 68.8 Å². The van der Waals surface area contributed by atoms with Crippen LogP contribution in [0.5, 0.6) is 0 Å². The van der Waals surface area contributed by atoms with Crippen molar-refractivity contribution in [2.24, 2.45) is 5.16 Å². The van der Waals surface area contributed by atoms with Crippen LogP contribution < -0.4 is 5.55 Å². The summed E-state index contributed by atoms with van der Waals surface area (Å²) >= 11 is 0. The lowest BCUT2D eigenvalue weighted by Gasteiger charge is -2.17. The van der Waals surface area contributed by atoms with E-state index in [1.54, 1.807) is 0 Å². The second-order valence-electron chi connectivity index (χ2n) is 6.21. The van der Waals surface area contributed by atoms with Gasteiger partial charge in [0, 0.05) is 21.9 Å². The van der Waals surface area contributed by atoms with Gasteiger partial charge in [-0.25, -0.2) is 0 Å². The smallest absolute Gasteiger partial charge is 0.259 e. The second kappa shape index (κ2) is 4.63. The summed E-state index contributed by atoms with van der Waals surface area (Å²) in [6, 6.07) is 2.18. The Hall–Kier alpha value is -2.23. The van der Waals surface area contributed by atoms with E-state index >= 15 is 0 Å². The van der Waals surface area contributed by atoms with Gasteiger partial charge in [-0.2, -0.15) is 0 Å². The zero-order valence-electron chi connectivity index (χ0n) is 13.1. The van der Waals surface area contributed by atoms with Crippen LogP contribution >= 0.6 is 0 Å². The normalized spacial score (nSPS) is 15.7. The molecule has 0 spiro atoms. The number of fused-ring (bicyclic) bond motifs is 4. The molecule has 0 atom stereocenters. The molecule has 0 amide bonds. The highest BCUT2D eigenvalue weighted by Gasteiger charge is 2.21. The first-order chi connectivity index (χ1) is 10.6. The van der Waals surface area contributed by atoms with Crippen LogP contribution in [0, 0.1) is 20.8 Å². The summed E-state index contributed by atoms with van der Waals surface area (Å²) < 4.78 is 11.8. The first-order valence-corrected chi connectivity index (χ1v) is 7.77. The number of aryl methyl sites for hydroxylation is 4. The average Bonchev–Trinajstić information content (AvgIpc) is 2.83. The van der Waals surface area contributed by atoms with E-state index in [9.17, 15) is 5.21 Å². The van der Waals surface area contributed by atoms with E-state index < -0.39 is 0 Å². The fourth-order valence-electron chi connectivity index (χ4n) is 3.65. The molecule has 3 aromatic rings. The van der Waals surface area contributed by atoms with Gasteiger partial charge in [-0.3, -0.25) is 0 Å². The molecule has 0 bridgehead atoms. The van der Waals surface area contributed by atoms with Crippen LogP contribution in [-0.2, 0) is 12.8 Å². The lowest BCUT2D eigenvalue weighted by molar-refractivity contribution is 0.274. The molecule has 0 radical (unpaired) electrons. The molecule has 0 aliphatic heterocycles. The molecule has 0 saturated carbocycles. The number of furan rings is 1. The fourth-order valence-corrected chi connectivity index (χ4v) is 3.65. The maximum Gasteiger partial charge on any atom is 0.259 e. The van der Waals surface area contributed by atoms with Crippen LogP contribution in [0.25, 0.3) is 21.9 Å². The van der Waals surface area contributed by atoms with E-state index in [1.165, 1.54) is 11.1 Å². The summed E-state index contributed by atoms with van der Waals surface area (Å²) in [5.74, 6) is 0.939. The van der Waals surface area contributed by atoms with Gasteiger partial charge in [0.2, 0.25) is 0 Å². The summed E-state index contributed by atoms with van der Waals surface area (Å²) in [6.07, 6.45) is 4.19. The lowest BCUT2D eigenvalue weighted by Crippen LogP contribution is -2.17. The van der Waals surface area contributed by atoms with Crippen molar-refractivity contribution in [1.82, 2.24) is 0 Å². The molecule has 4 nitrogen and oxygen atoms in total. The van der Waals surface area contributed by atoms with Crippen molar-refractivity contribution in [3.63, 3.8) is 0 Å². The molecule has 0 saturated heterocycles. The van der Waals surface area contributed by atoms with E-state index in [1.807, 2.05) is 13.8 Å². The van der Waals surface area contributed by atoms with E-state index in [0.717, 1.165) is 64.5 Å². The monoisotopic (exact) mass is 297 g/mol. The Balaban J connectivity index is 2.25. The lowest BCUT2D eigenvalue weighted by atomic mass is 9.89. The van der Waals surface area contributed by atoms with Gasteiger partial charge in [-0.1, -0.05) is 0 Å². The Morgan fingerprint density at radius 3 is 2.32 bits per heavy atom. The molecule has 1 aromatic carbocycles. The molecule has 114 valence electrons. The molecule has 2 heterocycles. The number of hydrogen-bond donors (Lipinski definition) is 1. The van der Waals surface area contributed by atoms with Crippen molar-refractivity contribution in [3.05, 3.63) is 39.6 Å². The van der Waals surface area contributed by atoms with Gasteiger partial charge in [0.05, 0.1) is 0 Å². The Kier molecular flexibility index (Phi) is 2.83. The SMILES string of the molecule is Cc1oc2c(C)c3o/c(=N/O)c4c(c3cc2c1C)CCCC4. The second-order valence-corrected chi connectivity index (χ2v) is 6.21. The molecule has 1 aliphatic carbocycles. The minimum Gasteiger partial charge on any atom is -0.461 e. The van der Waals surface area contributed by atoms with E-state index in [4.69, 9.17) is 8.83 Å². The van der Waals surface area contributed by atoms with E-state index in [2.05, 4.69) is 18.1 Å². The Bertz CT molecular complexity index is 976. The van der Waals surface area contributed by atoms with E-state index in [0.29, 0.717) is 5.55 Å². The standard InChI is InChI=1S/C18H19NO3/c1-9-11(3)21-16-10(2)17-15(8-14(9)16)12-6-4-5-7-13(12)18(19-20)22-17/h8,20H,4-7H2,1-3H3/b19-18+. The van der Waals surface area contributed by atoms with Crippen LogP contribution in [0.4, 0.5) is 0 Å². The molecule has 22 heavy (non-hydrogen) atoms. The maximum absolute atomic E-state index is 9.31. The molecule has 2 aromatic heterocycles. The summed E-state index contributed by atoms with van der Waals surface area (Å²) in [5.41, 5.74) is 6.47. The number of nitrogens with zero attached hydrogens (tertiary/aromatic N) is 1. The number of benzene rings is 1. The zero-order valence-corrected chi connectivity index (χ0v) is 13.1. The quantitative estimate of drug-likeness (QED) is 0.498. The van der Waals surface area contributed by atoms with Gasteiger partial charge in [-0.15, -0.1) is 0 Å². The van der Waals surface area contributed by atoms with Crippen molar-refractivity contribution in [3.8, 4) is 0 Å². The number of rotatable bonds is 0. The van der Waals surface area contributed by atoms with E-state index in [-0.39, 0.29) is 0 Å². The van der Waals surface area contributed by atoms with Gasteiger partial charge >= 0.3 is 0 Å². The Morgan fingerprint density at radius 2 is 1.59 bits per heavy atom. The van der Waals surface area contributed by atoms with Crippen LogP contribution in [0.2, 0.25) is 0 Å². The molecular weight excluding hydrogens is 278 g/mol. The van der Waals surface area contributed by atoms with Crippen molar-refractivity contribution >= 4 is 21.9 Å². The van der Waals surface area contributed by atoms with Gasteiger partial charge in [0.25, 0.3) is 5.55 Å². The molecule has 4 rings (SSSR count). The third-order valence-electron chi connectivity index (χ3n) is 4.99. The fraction of sp³-hybridized carbons (Fsp3) is 0.389. The molecule has 1 N–H and O–H groups in total. The molecule has 4 heteroatoms. The third kappa shape index (κ3) is 1.67. The highest BCUT2D eigenvalue weighted by molar-refractivity contribution is 6.00. The predicted molar refractivity (Wildman–Crippen MR) is 84.2 cm³/mol. The number of hydrogen-bond acceptors (Lipinski definition) is 4. The zero-order chi connectivity index (χ0) is 15.4. The maximum atomic E-state index is 9.31. The molecule has 1 aliphatic rings. The summed E-state index contributed by atoms with van der Waals surface area (Å²) in [5, 5.41) is 15.0. The summed E-state index contributed by atoms with van der Waals surface area (Å²) in [7, 11) is 0. The molecule has 0 unspecified atom stereocenters. The van der Waals surface area contributed by atoms with Gasteiger partial charge < -0.3 is 14.0 Å². The van der Waals surface area contributed by atoms with Crippen LogP contribution in [0.3, 0.4) is 0 Å². The first kappa shape index (κ1) is 13.4. The van der Waals surface area contributed by atoms with Crippen LogP contribution in [0.15, 0.2) is 20.1 Å². The summed E-state index contributed by atoms with van der Waals surface area (Å²) in [4.78, 5) is 0. The highest BCUT2D eigenvalue weighted by atomic mass is 16.5. The van der Waals surface area contributed by atoms with Crippen LogP contribution in [-0.4, -0.2) is 5.21 Å². The van der Waals surface area contributed by atoms with Gasteiger partial charge in [0.1, 0.15) is 16.9 Å². The van der Waals surface area contributed by atoms with Gasteiger partial charge in [0.15, 0.2) is 0 Å². The average molecular weight is 297 g/mol. The highest BCUT2D eigenvalue weighted by Crippen LogP contribution is 2.36. The largest absolute Gasteiger partial charge is 0.461 e. The minimum absolute atomic E-state index is 0.352. The molecular formula is C18H19NO3. The minimum atomic E-state index is 0.352. The Morgan fingerprint density at radius 1 is 0.909 bits per heavy atom. The third-order valence-corrected chi connectivity index (χ3v) is 4.99. The Labute approximate surface area is 128 Å². The van der Waals surface area contributed by atoms with Crippen LogP contribution in [0.1, 0.15) is 40.9 Å². The first-order valence-electron chi connectivity index (χ1n) is 7.77.